The van der Waals surface area contributed by atoms with Crippen LogP contribution in [0.25, 0.3) is 0 Å². The lowest BCUT2D eigenvalue weighted by atomic mass is 10.2. The fourth-order valence-corrected chi connectivity index (χ4v) is 1.99. The molecule has 0 aliphatic carbocycles. The van der Waals surface area contributed by atoms with Gasteiger partial charge in [0.15, 0.2) is 0 Å². The van der Waals surface area contributed by atoms with Gasteiger partial charge in [0, 0.05) is 0 Å². The number of ether oxygens (including phenoxy) is 2. The van der Waals surface area contributed by atoms with E-state index in [2.05, 4.69) is 32.2 Å². The minimum absolute atomic E-state index is 0.294. The molecule has 114 valence electrons. The summed E-state index contributed by atoms with van der Waals surface area (Å²) in [6.07, 6.45) is 2.54. The van der Waals surface area contributed by atoms with Gasteiger partial charge < -0.3 is 14.8 Å². The van der Waals surface area contributed by atoms with E-state index >= 15 is 0 Å². The maximum atomic E-state index is 5.87. The van der Waals surface area contributed by atoms with Crippen LogP contribution < -0.4 is 10.1 Å². The predicted molar refractivity (Wildman–Crippen MR) is 84.2 cm³/mol. The van der Waals surface area contributed by atoms with E-state index < -0.39 is 0 Å². The van der Waals surface area contributed by atoms with E-state index in [1.165, 1.54) is 0 Å². The van der Waals surface area contributed by atoms with Gasteiger partial charge in [-0.25, -0.2) is 0 Å². The molecule has 1 atom stereocenters. The monoisotopic (exact) mass is 279 g/mol. The zero-order valence-corrected chi connectivity index (χ0v) is 13.3. The summed E-state index contributed by atoms with van der Waals surface area (Å²) in [5.74, 6) is 1.60. The van der Waals surface area contributed by atoms with Crippen LogP contribution in [0.3, 0.4) is 0 Å². The average molecular weight is 279 g/mol. The molecule has 20 heavy (non-hydrogen) atoms. The second-order valence-corrected chi connectivity index (χ2v) is 5.71. The lowest BCUT2D eigenvalue weighted by Crippen LogP contribution is -2.21. The first-order valence-corrected chi connectivity index (χ1v) is 7.57. The van der Waals surface area contributed by atoms with E-state index in [0.29, 0.717) is 12.7 Å². The van der Waals surface area contributed by atoms with Crippen LogP contribution in [0.15, 0.2) is 24.3 Å². The van der Waals surface area contributed by atoms with Gasteiger partial charge in [-0.15, -0.1) is 0 Å². The summed E-state index contributed by atoms with van der Waals surface area (Å²) in [5.41, 5.74) is 1.16. The topological polar surface area (TPSA) is 30.5 Å². The van der Waals surface area contributed by atoms with Gasteiger partial charge in [-0.1, -0.05) is 26.0 Å². The Balaban J connectivity index is 2.14. The number of hydrogen-bond donors (Lipinski definition) is 1. The first-order chi connectivity index (χ1) is 9.61. The molecule has 0 radical (unpaired) electrons. The first-order valence-electron chi connectivity index (χ1n) is 7.57. The van der Waals surface area contributed by atoms with Crippen LogP contribution >= 0.6 is 0 Å². The van der Waals surface area contributed by atoms with Crippen molar-refractivity contribution in [2.45, 2.75) is 46.3 Å². The van der Waals surface area contributed by atoms with Gasteiger partial charge in [0.25, 0.3) is 0 Å². The fraction of sp³-hybridized carbons (Fsp3) is 0.647. The Morgan fingerprint density at radius 3 is 2.70 bits per heavy atom. The van der Waals surface area contributed by atoms with Crippen molar-refractivity contribution < 1.29 is 9.47 Å². The van der Waals surface area contributed by atoms with E-state index in [1.54, 1.807) is 7.11 Å². The third-order valence-corrected chi connectivity index (χ3v) is 3.19. The third-order valence-electron chi connectivity index (χ3n) is 3.19. The Kier molecular flexibility index (Phi) is 8.31. The number of rotatable bonds is 10. The minimum atomic E-state index is 0.294. The van der Waals surface area contributed by atoms with E-state index in [9.17, 15) is 0 Å². The Morgan fingerprint density at radius 2 is 2.00 bits per heavy atom. The number of benzene rings is 1. The van der Waals surface area contributed by atoms with Gasteiger partial charge in [0.2, 0.25) is 0 Å². The van der Waals surface area contributed by atoms with Gasteiger partial charge in [-0.2, -0.15) is 0 Å². The molecule has 1 rings (SSSR count). The van der Waals surface area contributed by atoms with Crippen molar-refractivity contribution in [3.63, 3.8) is 0 Å². The summed E-state index contributed by atoms with van der Waals surface area (Å²) in [4.78, 5) is 0. The maximum absolute atomic E-state index is 5.87. The van der Waals surface area contributed by atoms with Crippen molar-refractivity contribution in [1.82, 2.24) is 5.32 Å². The molecular formula is C17H29NO2. The number of hydrogen-bond acceptors (Lipinski definition) is 3. The van der Waals surface area contributed by atoms with Crippen LogP contribution in [0.5, 0.6) is 5.75 Å². The predicted octanol–water partition coefficient (Wildman–Crippen LogP) is 3.63. The highest BCUT2D eigenvalue weighted by molar-refractivity contribution is 5.27. The van der Waals surface area contributed by atoms with Crippen LogP contribution in [0.4, 0.5) is 0 Å². The molecule has 0 amide bonds. The van der Waals surface area contributed by atoms with Gasteiger partial charge in [-0.3, -0.25) is 0 Å². The van der Waals surface area contributed by atoms with Crippen LogP contribution in [0.2, 0.25) is 0 Å². The highest BCUT2D eigenvalue weighted by atomic mass is 16.5. The second-order valence-electron chi connectivity index (χ2n) is 5.71. The molecule has 0 heterocycles. The highest BCUT2D eigenvalue weighted by Crippen LogP contribution is 2.14. The molecule has 0 saturated heterocycles. The summed E-state index contributed by atoms with van der Waals surface area (Å²) in [6.45, 7) is 9.42. The first kappa shape index (κ1) is 17.0. The molecule has 0 fully saturated rings. The summed E-state index contributed by atoms with van der Waals surface area (Å²) >= 11 is 0. The summed E-state index contributed by atoms with van der Waals surface area (Å²) in [5, 5.41) is 3.46. The van der Waals surface area contributed by atoms with E-state index in [4.69, 9.17) is 9.47 Å². The molecule has 1 aromatic carbocycles. The summed E-state index contributed by atoms with van der Waals surface area (Å²) in [7, 11) is 1.69. The van der Waals surface area contributed by atoms with Crippen LogP contribution in [-0.4, -0.2) is 26.3 Å². The van der Waals surface area contributed by atoms with E-state index in [0.717, 1.165) is 43.2 Å². The Bertz CT molecular complexity index is 366. The van der Waals surface area contributed by atoms with Crippen LogP contribution in [0, 0.1) is 5.92 Å². The molecule has 3 heteroatoms. The summed E-state index contributed by atoms with van der Waals surface area (Å²) < 4.78 is 11.1. The normalized spacial score (nSPS) is 12.7. The largest absolute Gasteiger partial charge is 0.497 e. The zero-order valence-electron chi connectivity index (χ0n) is 13.3. The lowest BCUT2D eigenvalue weighted by Gasteiger charge is -2.14. The van der Waals surface area contributed by atoms with Crippen molar-refractivity contribution in [3.05, 3.63) is 29.8 Å². The van der Waals surface area contributed by atoms with Crippen molar-refractivity contribution in [3.8, 4) is 5.75 Å². The third kappa shape index (κ3) is 7.51. The maximum Gasteiger partial charge on any atom is 0.119 e. The Morgan fingerprint density at radius 1 is 1.20 bits per heavy atom. The highest BCUT2D eigenvalue weighted by Gasteiger charge is 2.03. The molecule has 0 aromatic heterocycles. The molecule has 1 aromatic rings. The second kappa shape index (κ2) is 9.78. The fourth-order valence-electron chi connectivity index (χ4n) is 1.99. The van der Waals surface area contributed by atoms with Gasteiger partial charge in [-0.05, 0) is 56.5 Å². The van der Waals surface area contributed by atoms with Crippen molar-refractivity contribution >= 4 is 0 Å². The van der Waals surface area contributed by atoms with Gasteiger partial charge in [0.1, 0.15) is 5.75 Å². The molecule has 0 aliphatic heterocycles. The standard InChI is InChI=1S/C17H29NO2/c1-14(2)12-18-10-6-7-15(3)20-13-16-8-5-9-17(11-16)19-4/h5,8-9,11,14-15,18H,6-7,10,12-13H2,1-4H3. The van der Waals surface area contributed by atoms with E-state index in [1.807, 2.05) is 18.2 Å². The average Bonchev–Trinajstić information content (AvgIpc) is 2.44. The SMILES string of the molecule is COc1cccc(COC(C)CCCNCC(C)C)c1. The van der Waals surface area contributed by atoms with Crippen molar-refractivity contribution in [2.75, 3.05) is 20.2 Å². The Labute approximate surface area is 123 Å². The zero-order chi connectivity index (χ0) is 14.8. The number of nitrogens with one attached hydrogen (secondary N) is 1. The summed E-state index contributed by atoms with van der Waals surface area (Å²) in [6, 6.07) is 8.04. The van der Waals surface area contributed by atoms with Gasteiger partial charge in [0.05, 0.1) is 19.8 Å². The lowest BCUT2D eigenvalue weighted by molar-refractivity contribution is 0.0462. The van der Waals surface area contributed by atoms with Crippen LogP contribution in [-0.2, 0) is 11.3 Å². The minimum Gasteiger partial charge on any atom is -0.497 e. The Hall–Kier alpha value is -1.06. The van der Waals surface area contributed by atoms with Gasteiger partial charge >= 0.3 is 0 Å². The van der Waals surface area contributed by atoms with E-state index in [-0.39, 0.29) is 0 Å². The molecule has 0 aliphatic rings. The molecule has 3 nitrogen and oxygen atoms in total. The molecule has 0 saturated carbocycles. The molecule has 0 spiro atoms. The number of methoxy groups -OCH3 is 1. The molecular weight excluding hydrogens is 250 g/mol. The van der Waals surface area contributed by atoms with Crippen molar-refractivity contribution in [2.24, 2.45) is 5.92 Å². The molecule has 1 N–H and O–H groups in total. The molecule has 0 bridgehead atoms. The van der Waals surface area contributed by atoms with Crippen molar-refractivity contribution in [1.29, 1.82) is 0 Å². The molecule has 1 unspecified atom stereocenters. The smallest absolute Gasteiger partial charge is 0.119 e. The quantitative estimate of drug-likeness (QED) is 0.663. The van der Waals surface area contributed by atoms with Crippen LogP contribution in [0.1, 0.15) is 39.2 Å².